The summed E-state index contributed by atoms with van der Waals surface area (Å²) in [6, 6.07) is 3.26. The Bertz CT molecular complexity index is 488. The van der Waals surface area contributed by atoms with Gasteiger partial charge in [0.2, 0.25) is 0 Å². The van der Waals surface area contributed by atoms with Gasteiger partial charge in [-0.3, -0.25) is 4.72 Å². The van der Waals surface area contributed by atoms with E-state index in [1.54, 1.807) is 0 Å². The maximum Gasteiger partial charge on any atom is 0.299 e. The molecular weight excluding hydrogens is 247 g/mol. The number of phenols is 1. The quantitative estimate of drug-likeness (QED) is 0.702. The Hall–Kier alpha value is -1.34. The molecule has 5 nitrogen and oxygen atoms in total. The van der Waals surface area contributed by atoms with Crippen LogP contribution in [0.1, 0.15) is 13.8 Å². The Labute approximate surface area is 99.8 Å². The van der Waals surface area contributed by atoms with Crippen molar-refractivity contribution in [1.29, 1.82) is 0 Å². The highest BCUT2D eigenvalue weighted by Crippen LogP contribution is 2.19. The minimum absolute atomic E-state index is 0.0524. The molecule has 1 rings (SSSR count). The zero-order valence-electron chi connectivity index (χ0n) is 9.57. The van der Waals surface area contributed by atoms with Crippen LogP contribution < -0.4 is 9.44 Å². The van der Waals surface area contributed by atoms with Crippen LogP contribution >= 0.6 is 0 Å². The second-order valence-corrected chi connectivity index (χ2v) is 5.51. The molecule has 0 aliphatic rings. The molecule has 0 bridgehead atoms. The van der Waals surface area contributed by atoms with Gasteiger partial charge in [-0.05, 0) is 18.1 Å². The molecule has 0 radical (unpaired) electrons. The highest BCUT2D eigenvalue weighted by molar-refractivity contribution is 7.90. The molecule has 96 valence electrons. The monoisotopic (exact) mass is 262 g/mol. The number of hydrogen-bond acceptors (Lipinski definition) is 3. The number of aromatic hydroxyl groups is 1. The molecule has 0 spiro atoms. The summed E-state index contributed by atoms with van der Waals surface area (Å²) in [6.45, 7) is 4.02. The molecule has 0 aromatic heterocycles. The van der Waals surface area contributed by atoms with E-state index in [1.807, 2.05) is 13.8 Å². The predicted molar refractivity (Wildman–Crippen MR) is 63.4 cm³/mol. The summed E-state index contributed by atoms with van der Waals surface area (Å²) >= 11 is 0. The molecule has 0 aliphatic carbocycles. The Kier molecular flexibility index (Phi) is 4.30. The third-order valence-electron chi connectivity index (χ3n) is 1.88. The average molecular weight is 262 g/mol. The number of benzene rings is 1. The van der Waals surface area contributed by atoms with Crippen LogP contribution in [0.2, 0.25) is 0 Å². The van der Waals surface area contributed by atoms with Crippen molar-refractivity contribution >= 4 is 15.9 Å². The van der Waals surface area contributed by atoms with Crippen LogP contribution in [0.5, 0.6) is 5.75 Å². The van der Waals surface area contributed by atoms with Crippen LogP contribution in [0.4, 0.5) is 10.1 Å². The lowest BCUT2D eigenvalue weighted by Gasteiger charge is -2.11. The van der Waals surface area contributed by atoms with Crippen molar-refractivity contribution in [2.75, 3.05) is 11.3 Å². The number of halogens is 1. The third-order valence-corrected chi connectivity index (χ3v) is 2.93. The Morgan fingerprint density at radius 3 is 2.59 bits per heavy atom. The molecule has 0 heterocycles. The first kappa shape index (κ1) is 13.7. The van der Waals surface area contributed by atoms with Crippen molar-refractivity contribution < 1.29 is 17.9 Å². The minimum Gasteiger partial charge on any atom is -0.505 e. The van der Waals surface area contributed by atoms with Gasteiger partial charge in [0.05, 0.1) is 5.69 Å². The predicted octanol–water partition coefficient (Wildman–Crippen LogP) is 1.43. The van der Waals surface area contributed by atoms with Crippen molar-refractivity contribution in [2.45, 2.75) is 13.8 Å². The first-order valence-corrected chi connectivity index (χ1v) is 6.54. The van der Waals surface area contributed by atoms with Crippen molar-refractivity contribution in [3.63, 3.8) is 0 Å². The van der Waals surface area contributed by atoms with E-state index in [2.05, 4.69) is 9.44 Å². The normalized spacial score (nSPS) is 11.8. The SMILES string of the molecule is CC(C)CNS(=O)(=O)Nc1ccc(O)c(F)c1. The summed E-state index contributed by atoms with van der Waals surface area (Å²) in [5.74, 6) is -1.24. The van der Waals surface area contributed by atoms with Crippen molar-refractivity contribution in [1.82, 2.24) is 4.72 Å². The maximum atomic E-state index is 13.0. The fraction of sp³-hybridized carbons (Fsp3) is 0.400. The van der Waals surface area contributed by atoms with E-state index in [0.717, 1.165) is 12.1 Å². The summed E-state index contributed by atoms with van der Waals surface area (Å²) in [6.07, 6.45) is 0. The largest absolute Gasteiger partial charge is 0.505 e. The first-order chi connectivity index (χ1) is 7.80. The van der Waals surface area contributed by atoms with Gasteiger partial charge in [0, 0.05) is 12.6 Å². The van der Waals surface area contributed by atoms with Gasteiger partial charge in [-0.25, -0.2) is 4.39 Å². The molecule has 17 heavy (non-hydrogen) atoms. The summed E-state index contributed by atoms with van der Waals surface area (Å²) in [7, 11) is -3.71. The Morgan fingerprint density at radius 2 is 2.06 bits per heavy atom. The van der Waals surface area contributed by atoms with E-state index < -0.39 is 21.8 Å². The lowest BCUT2D eigenvalue weighted by atomic mass is 10.2. The van der Waals surface area contributed by atoms with Gasteiger partial charge in [-0.15, -0.1) is 0 Å². The summed E-state index contributed by atoms with van der Waals surface area (Å²) in [5.41, 5.74) is 0.0524. The molecule has 0 saturated heterocycles. The molecule has 0 saturated carbocycles. The van der Waals surface area contributed by atoms with E-state index in [4.69, 9.17) is 5.11 Å². The smallest absolute Gasteiger partial charge is 0.299 e. The third kappa shape index (κ3) is 4.58. The number of hydrogen-bond donors (Lipinski definition) is 3. The Morgan fingerprint density at radius 1 is 1.41 bits per heavy atom. The van der Waals surface area contributed by atoms with Crippen LogP contribution in [0.25, 0.3) is 0 Å². The fourth-order valence-corrected chi connectivity index (χ4v) is 2.10. The van der Waals surface area contributed by atoms with E-state index >= 15 is 0 Å². The van der Waals surface area contributed by atoms with E-state index in [1.165, 1.54) is 6.07 Å². The number of nitrogens with one attached hydrogen (secondary N) is 2. The minimum atomic E-state index is -3.71. The van der Waals surface area contributed by atoms with Gasteiger partial charge in [-0.1, -0.05) is 13.8 Å². The lowest BCUT2D eigenvalue weighted by Crippen LogP contribution is -2.32. The zero-order chi connectivity index (χ0) is 13.1. The molecular formula is C10H15FN2O3S. The van der Waals surface area contributed by atoms with Crippen molar-refractivity contribution in [3.8, 4) is 5.75 Å². The first-order valence-electron chi connectivity index (χ1n) is 5.06. The van der Waals surface area contributed by atoms with Gasteiger partial charge in [-0.2, -0.15) is 13.1 Å². The molecule has 0 fully saturated rings. The van der Waals surface area contributed by atoms with Crippen molar-refractivity contribution in [3.05, 3.63) is 24.0 Å². The molecule has 0 aliphatic heterocycles. The van der Waals surface area contributed by atoms with Crippen LogP contribution in [0.15, 0.2) is 18.2 Å². The highest BCUT2D eigenvalue weighted by atomic mass is 32.2. The number of anilines is 1. The summed E-state index contributed by atoms with van der Waals surface area (Å²) < 4.78 is 40.4. The van der Waals surface area contributed by atoms with Gasteiger partial charge < -0.3 is 5.11 Å². The number of rotatable bonds is 5. The highest BCUT2D eigenvalue weighted by Gasteiger charge is 2.11. The van der Waals surface area contributed by atoms with Crippen LogP contribution in [0.3, 0.4) is 0 Å². The fourth-order valence-electron chi connectivity index (χ4n) is 1.04. The Balaban J connectivity index is 2.73. The zero-order valence-corrected chi connectivity index (χ0v) is 10.4. The molecule has 0 unspecified atom stereocenters. The second kappa shape index (κ2) is 5.33. The van der Waals surface area contributed by atoms with Crippen LogP contribution in [0, 0.1) is 11.7 Å². The second-order valence-electron chi connectivity index (χ2n) is 4.01. The average Bonchev–Trinajstić information content (AvgIpc) is 2.21. The van der Waals surface area contributed by atoms with Gasteiger partial charge in [0.25, 0.3) is 10.2 Å². The topological polar surface area (TPSA) is 78.4 Å². The lowest BCUT2D eigenvalue weighted by molar-refractivity contribution is 0.432. The van der Waals surface area contributed by atoms with Crippen LogP contribution in [-0.4, -0.2) is 20.1 Å². The van der Waals surface area contributed by atoms with Crippen LogP contribution in [-0.2, 0) is 10.2 Å². The van der Waals surface area contributed by atoms with E-state index in [0.29, 0.717) is 0 Å². The van der Waals surface area contributed by atoms with E-state index in [9.17, 15) is 12.8 Å². The molecule has 1 aromatic rings. The molecule has 1 aromatic carbocycles. The summed E-state index contributed by atoms with van der Waals surface area (Å²) in [5, 5.41) is 8.95. The molecule has 7 heteroatoms. The summed E-state index contributed by atoms with van der Waals surface area (Å²) in [4.78, 5) is 0. The van der Waals surface area contributed by atoms with Gasteiger partial charge >= 0.3 is 0 Å². The molecule has 0 amide bonds. The molecule has 0 atom stereocenters. The van der Waals surface area contributed by atoms with Gasteiger partial charge in [0.15, 0.2) is 11.6 Å². The van der Waals surface area contributed by atoms with E-state index in [-0.39, 0.29) is 18.2 Å². The molecule has 3 N–H and O–H groups in total. The standard InChI is InChI=1S/C10H15FN2O3S/c1-7(2)6-12-17(15,16)13-8-3-4-10(14)9(11)5-8/h3-5,7,12-14H,6H2,1-2H3. The van der Waals surface area contributed by atoms with Gasteiger partial charge in [0.1, 0.15) is 0 Å². The van der Waals surface area contributed by atoms with Crippen molar-refractivity contribution in [2.24, 2.45) is 5.92 Å². The number of phenolic OH excluding ortho intramolecular Hbond substituents is 1. The maximum absolute atomic E-state index is 13.0.